The molecule has 1 amide bonds. The van der Waals surface area contributed by atoms with E-state index in [1.165, 1.54) is 24.5 Å². The number of anilines is 1. The first kappa shape index (κ1) is 13.3. The lowest BCUT2D eigenvalue weighted by Crippen LogP contribution is -2.14. The van der Waals surface area contributed by atoms with Crippen LogP contribution in [0.3, 0.4) is 0 Å². The van der Waals surface area contributed by atoms with Crippen LogP contribution in [0.2, 0.25) is 0 Å². The van der Waals surface area contributed by atoms with Crippen molar-refractivity contribution in [2.75, 3.05) is 5.32 Å². The van der Waals surface area contributed by atoms with Gasteiger partial charge in [-0.25, -0.2) is 4.79 Å². The minimum absolute atomic E-state index is 0.197. The Labute approximate surface area is 114 Å². The summed E-state index contributed by atoms with van der Waals surface area (Å²) in [6, 6.07) is 6.34. The van der Waals surface area contributed by atoms with E-state index < -0.39 is 11.9 Å². The van der Waals surface area contributed by atoms with Crippen LogP contribution in [0.5, 0.6) is 0 Å². The van der Waals surface area contributed by atoms with Crippen molar-refractivity contribution in [3.8, 4) is 0 Å². The lowest BCUT2D eigenvalue weighted by atomic mass is 10.2. The molecule has 0 aliphatic carbocycles. The highest BCUT2D eigenvalue weighted by molar-refractivity contribution is 6.02. The first-order valence-corrected chi connectivity index (χ1v) is 5.61. The second-order valence-corrected chi connectivity index (χ2v) is 3.71. The van der Waals surface area contributed by atoms with Gasteiger partial charge >= 0.3 is 5.97 Å². The minimum atomic E-state index is -1.05. The van der Waals surface area contributed by atoms with Crippen LogP contribution in [0.4, 0.5) is 5.82 Å². The second-order valence-electron chi connectivity index (χ2n) is 3.71. The zero-order chi connectivity index (χ0) is 14.4. The summed E-state index contributed by atoms with van der Waals surface area (Å²) in [5.41, 5.74) is 0.784. The topological polar surface area (TPSA) is 105 Å². The van der Waals surface area contributed by atoms with Crippen LogP contribution in [0, 0.1) is 0 Å². The highest BCUT2D eigenvalue weighted by Gasteiger charge is 2.07. The molecule has 2 N–H and O–H groups in total. The Balaban J connectivity index is 2.06. The van der Waals surface area contributed by atoms with Crippen LogP contribution < -0.4 is 5.32 Å². The minimum Gasteiger partial charge on any atom is -0.478 e. The Bertz CT molecular complexity index is 638. The van der Waals surface area contributed by atoms with Crippen LogP contribution in [0.15, 0.2) is 42.7 Å². The van der Waals surface area contributed by atoms with E-state index in [-0.39, 0.29) is 5.69 Å². The summed E-state index contributed by atoms with van der Waals surface area (Å²) in [6.07, 6.45) is 5.29. The largest absolute Gasteiger partial charge is 0.478 e. The Hall–Kier alpha value is -3.09. The van der Waals surface area contributed by atoms with Gasteiger partial charge in [-0.1, -0.05) is 6.07 Å². The van der Waals surface area contributed by atoms with Gasteiger partial charge in [-0.3, -0.25) is 9.78 Å². The molecule has 0 bridgehead atoms. The van der Waals surface area contributed by atoms with E-state index in [1.54, 1.807) is 18.2 Å². The summed E-state index contributed by atoms with van der Waals surface area (Å²) < 4.78 is 0. The van der Waals surface area contributed by atoms with Crippen molar-refractivity contribution in [1.82, 2.24) is 15.2 Å². The molecule has 2 heterocycles. The van der Waals surface area contributed by atoms with Crippen molar-refractivity contribution in [3.63, 3.8) is 0 Å². The SMILES string of the molecule is O=C(O)/C=C/c1ccc(C(=O)Nc2cccnn2)nc1. The predicted octanol–water partition coefficient (Wildman–Crippen LogP) is 1.22. The summed E-state index contributed by atoms with van der Waals surface area (Å²) in [5.74, 6) is -1.14. The number of amides is 1. The summed E-state index contributed by atoms with van der Waals surface area (Å²) >= 11 is 0. The number of carboxylic acid groups (broad SMARTS) is 1. The molecule has 0 aliphatic heterocycles. The fourth-order valence-electron chi connectivity index (χ4n) is 1.35. The number of nitrogens with zero attached hydrogens (tertiary/aromatic N) is 3. The van der Waals surface area contributed by atoms with Crippen molar-refractivity contribution in [2.24, 2.45) is 0 Å². The average Bonchev–Trinajstić information content (AvgIpc) is 2.46. The molecule has 7 heteroatoms. The van der Waals surface area contributed by atoms with E-state index in [1.807, 2.05) is 0 Å². The molecule has 0 atom stereocenters. The zero-order valence-electron chi connectivity index (χ0n) is 10.2. The van der Waals surface area contributed by atoms with Crippen molar-refractivity contribution in [1.29, 1.82) is 0 Å². The molecule has 0 saturated heterocycles. The Morgan fingerprint density at radius 1 is 1.25 bits per heavy atom. The fourth-order valence-corrected chi connectivity index (χ4v) is 1.35. The van der Waals surface area contributed by atoms with E-state index in [9.17, 15) is 9.59 Å². The quantitative estimate of drug-likeness (QED) is 0.809. The number of hydrogen-bond acceptors (Lipinski definition) is 5. The maximum absolute atomic E-state index is 11.8. The molecule has 2 rings (SSSR count). The molecule has 0 saturated carbocycles. The Morgan fingerprint density at radius 2 is 2.10 bits per heavy atom. The van der Waals surface area contributed by atoms with Gasteiger partial charge in [0.05, 0.1) is 0 Å². The van der Waals surface area contributed by atoms with Gasteiger partial charge in [0, 0.05) is 18.5 Å². The maximum atomic E-state index is 11.8. The molecule has 0 aromatic carbocycles. The molecule has 0 radical (unpaired) electrons. The smallest absolute Gasteiger partial charge is 0.328 e. The van der Waals surface area contributed by atoms with E-state index in [2.05, 4.69) is 20.5 Å². The number of pyridine rings is 1. The van der Waals surface area contributed by atoms with Crippen LogP contribution in [0.1, 0.15) is 16.1 Å². The second kappa shape index (κ2) is 6.19. The fraction of sp³-hybridized carbons (Fsp3) is 0. The van der Waals surface area contributed by atoms with E-state index in [4.69, 9.17) is 5.11 Å². The number of hydrogen-bond donors (Lipinski definition) is 2. The molecule has 20 heavy (non-hydrogen) atoms. The first-order chi connectivity index (χ1) is 9.65. The third-order valence-electron chi connectivity index (χ3n) is 2.25. The molecule has 0 fully saturated rings. The van der Waals surface area contributed by atoms with E-state index in [0.29, 0.717) is 11.4 Å². The third kappa shape index (κ3) is 3.70. The van der Waals surface area contributed by atoms with Crippen LogP contribution >= 0.6 is 0 Å². The average molecular weight is 270 g/mol. The van der Waals surface area contributed by atoms with Crippen molar-refractivity contribution >= 4 is 23.8 Å². The summed E-state index contributed by atoms with van der Waals surface area (Å²) in [7, 11) is 0. The monoisotopic (exact) mass is 270 g/mol. The normalized spacial score (nSPS) is 10.4. The Morgan fingerprint density at radius 3 is 2.70 bits per heavy atom. The summed E-state index contributed by atoms with van der Waals surface area (Å²) in [5, 5.41) is 18.4. The van der Waals surface area contributed by atoms with Gasteiger partial charge in [-0.15, -0.1) is 5.10 Å². The van der Waals surface area contributed by atoms with Crippen molar-refractivity contribution < 1.29 is 14.7 Å². The third-order valence-corrected chi connectivity index (χ3v) is 2.25. The summed E-state index contributed by atoms with van der Waals surface area (Å²) in [4.78, 5) is 26.2. The van der Waals surface area contributed by atoms with Crippen molar-refractivity contribution in [2.45, 2.75) is 0 Å². The predicted molar refractivity (Wildman–Crippen MR) is 70.9 cm³/mol. The number of aliphatic carboxylic acids is 1. The highest BCUT2D eigenvalue weighted by Crippen LogP contribution is 2.05. The number of carbonyl (C=O) groups excluding carboxylic acids is 1. The maximum Gasteiger partial charge on any atom is 0.328 e. The van der Waals surface area contributed by atoms with Gasteiger partial charge in [-0.05, 0) is 29.8 Å². The van der Waals surface area contributed by atoms with Gasteiger partial charge in [0.1, 0.15) is 5.69 Å². The standard InChI is InChI=1S/C13H10N4O3/c18-12(19)6-4-9-3-5-10(14-8-9)13(20)16-11-2-1-7-15-17-11/h1-8H,(H,18,19)(H,16,17,20)/b6-4+. The highest BCUT2D eigenvalue weighted by atomic mass is 16.4. The van der Waals surface area contributed by atoms with Gasteiger partial charge in [-0.2, -0.15) is 5.10 Å². The molecule has 0 spiro atoms. The van der Waals surface area contributed by atoms with Gasteiger partial charge in [0.15, 0.2) is 5.82 Å². The van der Waals surface area contributed by atoms with Crippen LogP contribution in [-0.4, -0.2) is 32.2 Å². The molecular formula is C13H10N4O3. The van der Waals surface area contributed by atoms with Gasteiger partial charge in [0.25, 0.3) is 5.91 Å². The molecule has 100 valence electrons. The lowest BCUT2D eigenvalue weighted by molar-refractivity contribution is -0.131. The molecule has 0 aliphatic rings. The first-order valence-electron chi connectivity index (χ1n) is 5.61. The van der Waals surface area contributed by atoms with Gasteiger partial charge < -0.3 is 10.4 Å². The Kier molecular flexibility index (Phi) is 4.13. The van der Waals surface area contributed by atoms with Crippen LogP contribution in [0.25, 0.3) is 6.08 Å². The number of carboxylic acids is 1. The van der Waals surface area contributed by atoms with Gasteiger partial charge in [0.2, 0.25) is 0 Å². The molecule has 0 unspecified atom stereocenters. The lowest BCUT2D eigenvalue weighted by Gasteiger charge is -2.02. The van der Waals surface area contributed by atoms with E-state index in [0.717, 1.165) is 6.08 Å². The summed E-state index contributed by atoms with van der Waals surface area (Å²) in [6.45, 7) is 0. The number of rotatable bonds is 4. The number of aromatic nitrogens is 3. The molecule has 7 nitrogen and oxygen atoms in total. The zero-order valence-corrected chi connectivity index (χ0v) is 10.2. The molecular weight excluding hydrogens is 260 g/mol. The molecule has 2 aromatic heterocycles. The number of nitrogens with one attached hydrogen (secondary N) is 1. The molecule has 2 aromatic rings. The van der Waals surface area contributed by atoms with Crippen LogP contribution in [-0.2, 0) is 4.79 Å². The van der Waals surface area contributed by atoms with Crippen molar-refractivity contribution in [3.05, 3.63) is 54.0 Å². The number of carbonyl (C=O) groups is 2. The van der Waals surface area contributed by atoms with E-state index >= 15 is 0 Å².